The molecule has 2 unspecified atom stereocenters. The molecule has 0 fully saturated rings. The van der Waals surface area contributed by atoms with Crippen LogP contribution in [-0.4, -0.2) is 23.7 Å². The van der Waals surface area contributed by atoms with Crippen LogP contribution in [0.1, 0.15) is 31.9 Å². The highest BCUT2D eigenvalue weighted by Gasteiger charge is 2.17. The van der Waals surface area contributed by atoms with Gasteiger partial charge in [0.25, 0.3) is 0 Å². The molecular formula is C14H19FN2O3. The van der Waals surface area contributed by atoms with Crippen molar-refractivity contribution in [3.05, 3.63) is 35.6 Å². The largest absolute Gasteiger partial charge is 0.481 e. The molecule has 2 atom stereocenters. The molecular weight excluding hydrogens is 263 g/mol. The van der Waals surface area contributed by atoms with E-state index in [1.165, 1.54) is 6.07 Å². The van der Waals surface area contributed by atoms with Crippen LogP contribution in [0.2, 0.25) is 0 Å². The Kier molecular flexibility index (Phi) is 5.96. The number of carboxylic acid groups (broad SMARTS) is 1. The highest BCUT2D eigenvalue weighted by atomic mass is 19.1. The SMILES string of the molecule is CCC(CNC(=O)NC(C)c1ccccc1F)C(=O)O. The number of hydrogen-bond acceptors (Lipinski definition) is 2. The van der Waals surface area contributed by atoms with E-state index in [1.807, 2.05) is 0 Å². The molecule has 1 rings (SSSR count). The number of halogens is 1. The van der Waals surface area contributed by atoms with Crippen molar-refractivity contribution < 1.29 is 19.1 Å². The molecule has 0 spiro atoms. The normalized spacial score (nSPS) is 13.3. The summed E-state index contributed by atoms with van der Waals surface area (Å²) in [5, 5.41) is 13.9. The molecule has 20 heavy (non-hydrogen) atoms. The molecule has 110 valence electrons. The van der Waals surface area contributed by atoms with Crippen molar-refractivity contribution in [1.29, 1.82) is 0 Å². The first-order valence-corrected chi connectivity index (χ1v) is 6.47. The Hall–Kier alpha value is -2.11. The molecule has 1 aromatic rings. The lowest BCUT2D eigenvalue weighted by Crippen LogP contribution is -2.40. The monoisotopic (exact) mass is 282 g/mol. The van der Waals surface area contributed by atoms with Gasteiger partial charge < -0.3 is 15.7 Å². The number of nitrogens with one attached hydrogen (secondary N) is 2. The van der Waals surface area contributed by atoms with Crippen molar-refractivity contribution in [2.24, 2.45) is 5.92 Å². The van der Waals surface area contributed by atoms with E-state index in [0.29, 0.717) is 12.0 Å². The van der Waals surface area contributed by atoms with Gasteiger partial charge in [0, 0.05) is 12.1 Å². The van der Waals surface area contributed by atoms with Crippen LogP contribution in [0.3, 0.4) is 0 Å². The fourth-order valence-electron chi connectivity index (χ4n) is 1.77. The smallest absolute Gasteiger partial charge is 0.315 e. The van der Waals surface area contributed by atoms with Crippen molar-refractivity contribution in [1.82, 2.24) is 10.6 Å². The maximum absolute atomic E-state index is 13.5. The van der Waals surface area contributed by atoms with Crippen molar-refractivity contribution in [2.75, 3.05) is 6.54 Å². The lowest BCUT2D eigenvalue weighted by Gasteiger charge is -2.17. The summed E-state index contributed by atoms with van der Waals surface area (Å²) in [5.41, 5.74) is 0.382. The van der Waals surface area contributed by atoms with E-state index in [9.17, 15) is 14.0 Å². The highest BCUT2D eigenvalue weighted by Crippen LogP contribution is 2.15. The first kappa shape index (κ1) is 15.9. The van der Waals surface area contributed by atoms with Gasteiger partial charge in [0.15, 0.2) is 0 Å². The molecule has 0 aliphatic carbocycles. The molecule has 0 saturated heterocycles. The highest BCUT2D eigenvalue weighted by molar-refractivity contribution is 5.76. The van der Waals surface area contributed by atoms with Gasteiger partial charge in [-0.1, -0.05) is 25.1 Å². The van der Waals surface area contributed by atoms with Gasteiger partial charge in [-0.15, -0.1) is 0 Å². The number of hydrogen-bond donors (Lipinski definition) is 3. The standard InChI is InChI=1S/C14H19FN2O3/c1-3-10(13(18)19)8-16-14(20)17-9(2)11-6-4-5-7-12(11)15/h4-7,9-10H,3,8H2,1-2H3,(H,18,19)(H2,16,17,20). The Morgan fingerprint density at radius 1 is 1.35 bits per heavy atom. The van der Waals surface area contributed by atoms with Gasteiger partial charge >= 0.3 is 12.0 Å². The predicted octanol–water partition coefficient (Wildman–Crippen LogP) is 2.30. The minimum atomic E-state index is -0.949. The molecule has 0 radical (unpaired) electrons. The number of carbonyl (C=O) groups is 2. The van der Waals surface area contributed by atoms with Gasteiger partial charge in [0.1, 0.15) is 5.82 Å². The Labute approximate surface area is 117 Å². The molecule has 0 aliphatic rings. The fraction of sp³-hybridized carbons (Fsp3) is 0.429. The van der Waals surface area contributed by atoms with Gasteiger partial charge in [0.2, 0.25) is 0 Å². The topological polar surface area (TPSA) is 78.4 Å². The van der Waals surface area contributed by atoms with Gasteiger partial charge in [-0.25, -0.2) is 9.18 Å². The summed E-state index contributed by atoms with van der Waals surface area (Å²) in [7, 11) is 0. The minimum Gasteiger partial charge on any atom is -0.481 e. The molecule has 6 heteroatoms. The first-order chi connectivity index (χ1) is 9.45. The van der Waals surface area contributed by atoms with Gasteiger partial charge in [-0.3, -0.25) is 4.79 Å². The van der Waals surface area contributed by atoms with Crippen molar-refractivity contribution >= 4 is 12.0 Å². The van der Waals surface area contributed by atoms with E-state index in [0.717, 1.165) is 0 Å². The zero-order valence-electron chi connectivity index (χ0n) is 11.5. The van der Waals surface area contributed by atoms with Crippen LogP contribution >= 0.6 is 0 Å². The Morgan fingerprint density at radius 2 is 2.00 bits per heavy atom. The Bertz CT molecular complexity index is 479. The maximum Gasteiger partial charge on any atom is 0.315 e. The molecule has 1 aromatic carbocycles. The summed E-state index contributed by atoms with van der Waals surface area (Å²) in [4.78, 5) is 22.5. The second-order valence-corrected chi connectivity index (χ2v) is 4.54. The molecule has 3 N–H and O–H groups in total. The summed E-state index contributed by atoms with van der Waals surface area (Å²) in [5.74, 6) is -1.96. The summed E-state index contributed by atoms with van der Waals surface area (Å²) >= 11 is 0. The number of urea groups is 1. The third kappa shape index (κ3) is 4.53. The third-order valence-electron chi connectivity index (χ3n) is 3.07. The lowest BCUT2D eigenvalue weighted by atomic mass is 10.1. The first-order valence-electron chi connectivity index (χ1n) is 6.47. The van der Waals surface area contributed by atoms with Crippen molar-refractivity contribution in [2.45, 2.75) is 26.3 Å². The van der Waals surface area contributed by atoms with E-state index >= 15 is 0 Å². The summed E-state index contributed by atoms with van der Waals surface area (Å²) in [6, 6.07) is 5.16. The molecule has 0 heterocycles. The van der Waals surface area contributed by atoms with Crippen molar-refractivity contribution in [3.63, 3.8) is 0 Å². The molecule has 2 amide bonds. The molecule has 0 bridgehead atoms. The van der Waals surface area contributed by atoms with Crippen molar-refractivity contribution in [3.8, 4) is 0 Å². The quantitative estimate of drug-likeness (QED) is 0.749. The second kappa shape index (κ2) is 7.47. The minimum absolute atomic E-state index is 0.0433. The summed E-state index contributed by atoms with van der Waals surface area (Å²) < 4.78 is 13.5. The van der Waals surface area contributed by atoms with Crippen LogP contribution in [-0.2, 0) is 4.79 Å². The zero-order valence-corrected chi connectivity index (χ0v) is 11.5. The number of carbonyl (C=O) groups excluding carboxylic acids is 1. The van der Waals surface area contributed by atoms with Gasteiger partial charge in [-0.2, -0.15) is 0 Å². The maximum atomic E-state index is 13.5. The van der Waals surface area contributed by atoms with E-state index in [-0.39, 0.29) is 6.54 Å². The van der Waals surface area contributed by atoms with Crippen LogP contribution in [0.15, 0.2) is 24.3 Å². The van der Waals surface area contributed by atoms with Crippen LogP contribution in [0.5, 0.6) is 0 Å². The van der Waals surface area contributed by atoms with E-state index in [4.69, 9.17) is 5.11 Å². The lowest BCUT2D eigenvalue weighted by molar-refractivity contribution is -0.141. The molecule has 0 aromatic heterocycles. The summed E-state index contributed by atoms with van der Waals surface area (Å²) in [6.07, 6.45) is 0.429. The summed E-state index contributed by atoms with van der Waals surface area (Å²) in [6.45, 7) is 3.44. The number of amides is 2. The Balaban J connectivity index is 2.50. The molecule has 0 saturated carbocycles. The van der Waals surface area contributed by atoms with E-state index < -0.39 is 29.8 Å². The average Bonchev–Trinajstić information content (AvgIpc) is 2.39. The number of rotatable bonds is 6. The Morgan fingerprint density at radius 3 is 2.55 bits per heavy atom. The van der Waals surface area contributed by atoms with Crippen LogP contribution in [0.25, 0.3) is 0 Å². The number of carboxylic acids is 1. The van der Waals surface area contributed by atoms with E-state index in [2.05, 4.69) is 10.6 Å². The second-order valence-electron chi connectivity index (χ2n) is 4.54. The third-order valence-corrected chi connectivity index (χ3v) is 3.07. The van der Waals surface area contributed by atoms with Crippen LogP contribution < -0.4 is 10.6 Å². The average molecular weight is 282 g/mol. The fourth-order valence-corrected chi connectivity index (χ4v) is 1.77. The van der Waals surface area contributed by atoms with Crippen LogP contribution in [0, 0.1) is 11.7 Å². The van der Waals surface area contributed by atoms with Gasteiger partial charge in [0.05, 0.1) is 12.0 Å². The van der Waals surface area contributed by atoms with Crippen LogP contribution in [0.4, 0.5) is 9.18 Å². The predicted molar refractivity (Wildman–Crippen MR) is 72.8 cm³/mol. The van der Waals surface area contributed by atoms with Gasteiger partial charge in [-0.05, 0) is 19.4 Å². The van der Waals surface area contributed by atoms with E-state index in [1.54, 1.807) is 32.0 Å². The number of benzene rings is 1. The zero-order chi connectivity index (χ0) is 15.1. The molecule has 5 nitrogen and oxygen atoms in total. The number of aliphatic carboxylic acids is 1. The molecule has 0 aliphatic heterocycles.